The molecule has 2 unspecified atom stereocenters. The quantitative estimate of drug-likeness (QED) is 0.0424. The van der Waals surface area contributed by atoms with Gasteiger partial charge in [0.05, 0.1) is 38.2 Å². The Balaban J connectivity index is 1.91. The second kappa shape index (κ2) is 20.7. The van der Waals surface area contributed by atoms with Gasteiger partial charge in [-0.2, -0.15) is 0 Å². The van der Waals surface area contributed by atoms with Crippen LogP contribution >= 0.6 is 0 Å². The first-order valence-electron chi connectivity index (χ1n) is 17.1. The lowest BCUT2D eigenvalue weighted by atomic mass is 9.73. The number of urea groups is 1. The third-order valence-corrected chi connectivity index (χ3v) is 8.52. The number of ketones is 1. The molecule has 2 atom stereocenters. The minimum Gasteiger partial charge on any atom is -0.493 e. The Morgan fingerprint density at radius 3 is 2.12 bits per heavy atom. The van der Waals surface area contributed by atoms with Gasteiger partial charge < -0.3 is 40.0 Å². The molecule has 0 saturated carbocycles. The van der Waals surface area contributed by atoms with Gasteiger partial charge in [0.25, 0.3) is 0 Å². The van der Waals surface area contributed by atoms with Gasteiger partial charge in [0.15, 0.2) is 17.3 Å². The van der Waals surface area contributed by atoms with Crippen LogP contribution in [0, 0.1) is 16.7 Å². The molecule has 0 fully saturated rings. The van der Waals surface area contributed by atoms with Crippen LogP contribution in [0.25, 0.3) is 6.08 Å². The normalized spacial score (nSPS) is 13.0. The highest BCUT2D eigenvalue weighted by molar-refractivity contribution is 6.07. The van der Waals surface area contributed by atoms with Crippen LogP contribution in [0.3, 0.4) is 0 Å². The first kappa shape index (κ1) is 42.3. The van der Waals surface area contributed by atoms with Gasteiger partial charge in [-0.05, 0) is 94.5 Å². The maximum absolute atomic E-state index is 13.2. The molecule has 51 heavy (non-hydrogen) atoms. The number of methoxy groups -OCH3 is 2. The fraction of sp³-hybridized carbons (Fsp3) is 0.500. The number of amides is 3. The van der Waals surface area contributed by atoms with Crippen LogP contribution in [0.5, 0.6) is 11.5 Å². The number of anilines is 1. The Morgan fingerprint density at radius 2 is 1.51 bits per heavy atom. The molecule has 0 bridgehead atoms. The zero-order chi connectivity index (χ0) is 38.0. The molecule has 0 heterocycles. The molecule has 0 spiro atoms. The smallest absolute Gasteiger partial charge is 0.319 e. The Bertz CT molecular complexity index is 1510. The average Bonchev–Trinajstić information content (AvgIpc) is 3.12. The van der Waals surface area contributed by atoms with Crippen molar-refractivity contribution in [2.45, 2.75) is 66.7 Å². The fourth-order valence-corrected chi connectivity index (χ4v) is 5.20. The van der Waals surface area contributed by atoms with Crippen LogP contribution in [0.15, 0.2) is 48.5 Å². The number of rotatable bonds is 21. The van der Waals surface area contributed by atoms with E-state index in [4.69, 9.17) is 18.9 Å². The monoisotopic (exact) mass is 711 g/mol. The van der Waals surface area contributed by atoms with E-state index < -0.39 is 47.4 Å². The van der Waals surface area contributed by atoms with Crippen LogP contribution in [0.1, 0.15) is 82.6 Å². The van der Waals surface area contributed by atoms with Crippen LogP contribution in [-0.2, 0) is 23.9 Å². The average molecular weight is 712 g/mol. The molecule has 0 aliphatic heterocycles. The van der Waals surface area contributed by atoms with Gasteiger partial charge in [-0.15, -0.1) is 0 Å². The topological polar surface area (TPSA) is 179 Å². The van der Waals surface area contributed by atoms with Gasteiger partial charge in [-0.25, -0.2) is 4.79 Å². The minimum absolute atomic E-state index is 0.0138. The number of aliphatic hydroxyl groups is 1. The SMILES string of the molecule is CCCCOC(=O)C(C)(C)CC(CC(C)(CC)C(=O)OCCNC(=O)Nc1ccc(C(=O)/C=C/c2ccc(OC)c(OC)c2)cc1)C(=O)NCO. The molecule has 0 aliphatic rings. The molecular weight excluding hydrogens is 658 g/mol. The minimum atomic E-state index is -1.09. The van der Waals surface area contributed by atoms with Crippen molar-refractivity contribution in [1.82, 2.24) is 10.6 Å². The van der Waals surface area contributed by atoms with Crippen molar-refractivity contribution in [3.8, 4) is 11.5 Å². The van der Waals surface area contributed by atoms with E-state index in [-0.39, 0.29) is 38.4 Å². The van der Waals surface area contributed by atoms with Crippen LogP contribution in [0.2, 0.25) is 0 Å². The molecule has 2 aromatic carbocycles. The summed E-state index contributed by atoms with van der Waals surface area (Å²) in [5.41, 5.74) is -0.460. The van der Waals surface area contributed by atoms with Crippen molar-refractivity contribution in [3.63, 3.8) is 0 Å². The fourth-order valence-electron chi connectivity index (χ4n) is 5.20. The van der Waals surface area contributed by atoms with Gasteiger partial charge in [0.2, 0.25) is 5.91 Å². The largest absolute Gasteiger partial charge is 0.493 e. The summed E-state index contributed by atoms with van der Waals surface area (Å²) in [6.07, 6.45) is 5.21. The highest BCUT2D eigenvalue weighted by Gasteiger charge is 2.42. The Morgan fingerprint density at radius 1 is 0.843 bits per heavy atom. The maximum Gasteiger partial charge on any atom is 0.319 e. The summed E-state index contributed by atoms with van der Waals surface area (Å²) in [5, 5.41) is 17.0. The second-order valence-electron chi connectivity index (χ2n) is 13.0. The summed E-state index contributed by atoms with van der Waals surface area (Å²) in [6, 6.07) is 11.1. The molecule has 13 heteroatoms. The number of esters is 2. The molecule has 2 aromatic rings. The van der Waals surface area contributed by atoms with E-state index in [1.54, 1.807) is 83.3 Å². The summed E-state index contributed by atoms with van der Waals surface area (Å²) >= 11 is 0. The van der Waals surface area contributed by atoms with Crippen molar-refractivity contribution in [2.75, 3.05) is 46.0 Å². The van der Waals surface area contributed by atoms with E-state index in [2.05, 4.69) is 16.0 Å². The maximum atomic E-state index is 13.2. The zero-order valence-corrected chi connectivity index (χ0v) is 30.8. The van der Waals surface area contributed by atoms with Crippen molar-refractivity contribution in [3.05, 3.63) is 59.7 Å². The van der Waals surface area contributed by atoms with Gasteiger partial charge in [-0.3, -0.25) is 19.2 Å². The number of nitrogens with one attached hydrogen (secondary N) is 3. The van der Waals surface area contributed by atoms with Crippen LogP contribution in [0.4, 0.5) is 10.5 Å². The predicted molar refractivity (Wildman–Crippen MR) is 193 cm³/mol. The number of carbonyl (C=O) groups is 5. The lowest BCUT2D eigenvalue weighted by Gasteiger charge is -2.33. The zero-order valence-electron chi connectivity index (χ0n) is 30.8. The van der Waals surface area contributed by atoms with Crippen molar-refractivity contribution in [2.24, 2.45) is 16.7 Å². The predicted octanol–water partition coefficient (Wildman–Crippen LogP) is 5.51. The van der Waals surface area contributed by atoms with E-state index in [9.17, 15) is 29.1 Å². The number of benzene rings is 2. The second-order valence-corrected chi connectivity index (χ2v) is 13.0. The van der Waals surface area contributed by atoms with E-state index >= 15 is 0 Å². The molecule has 13 nitrogen and oxygen atoms in total. The lowest BCUT2D eigenvalue weighted by molar-refractivity contribution is -0.158. The number of carbonyl (C=O) groups excluding carboxylic acids is 5. The molecule has 0 aromatic heterocycles. The third-order valence-electron chi connectivity index (χ3n) is 8.52. The molecule has 0 saturated heterocycles. The molecule has 3 amide bonds. The summed E-state index contributed by atoms with van der Waals surface area (Å²) < 4.78 is 21.4. The van der Waals surface area contributed by atoms with Crippen molar-refractivity contribution >= 4 is 41.4 Å². The standard InChI is InChI=1S/C38H53N3O10/c1-8-10-20-50-34(45)37(3,4)23-28(33(44)40-25-42)24-38(5,9-2)35(46)51-21-19-39-36(47)41-29-15-13-27(14-16-29)30(43)17-11-26-12-18-31(48-6)32(22-26)49-7/h11-18,22,28,42H,8-10,19-21,23-25H2,1-7H3,(H,40,44)(H2,39,41,47)/b17-11+. The third kappa shape index (κ3) is 13.4. The molecular formula is C38H53N3O10. The van der Waals surface area contributed by atoms with Gasteiger partial charge >= 0.3 is 18.0 Å². The summed E-state index contributed by atoms with van der Waals surface area (Å²) in [4.78, 5) is 64.1. The van der Waals surface area contributed by atoms with Gasteiger partial charge in [0.1, 0.15) is 13.3 Å². The van der Waals surface area contributed by atoms with E-state index in [0.29, 0.717) is 29.2 Å². The summed E-state index contributed by atoms with van der Waals surface area (Å²) in [7, 11) is 3.08. The molecule has 0 radical (unpaired) electrons. The number of aliphatic hydroxyl groups excluding tert-OH is 1. The summed E-state index contributed by atoms with van der Waals surface area (Å²) in [5.74, 6) is -1.37. The number of hydrogen-bond donors (Lipinski definition) is 4. The Hall–Kier alpha value is -4.91. The highest BCUT2D eigenvalue weighted by Crippen LogP contribution is 2.37. The van der Waals surface area contributed by atoms with E-state index in [1.165, 1.54) is 13.2 Å². The van der Waals surface area contributed by atoms with Crippen LogP contribution < -0.4 is 25.4 Å². The molecule has 4 N–H and O–H groups in total. The number of allylic oxidation sites excluding steroid dienone is 1. The molecule has 280 valence electrons. The number of unbranched alkanes of at least 4 members (excludes halogenated alkanes) is 1. The highest BCUT2D eigenvalue weighted by atomic mass is 16.5. The van der Waals surface area contributed by atoms with Crippen molar-refractivity contribution in [1.29, 1.82) is 0 Å². The van der Waals surface area contributed by atoms with Crippen molar-refractivity contribution < 1.29 is 48.0 Å². The van der Waals surface area contributed by atoms with Gasteiger partial charge in [0, 0.05) is 17.2 Å². The van der Waals surface area contributed by atoms with E-state index in [1.807, 2.05) is 6.92 Å². The Labute approximate surface area is 300 Å². The number of ether oxygens (including phenoxy) is 4. The lowest BCUT2D eigenvalue weighted by Crippen LogP contribution is -2.42. The first-order valence-corrected chi connectivity index (χ1v) is 17.1. The van der Waals surface area contributed by atoms with Gasteiger partial charge in [-0.1, -0.05) is 32.4 Å². The Kier molecular flexibility index (Phi) is 17.1. The first-order chi connectivity index (χ1) is 24.2. The molecule has 2 rings (SSSR count). The summed E-state index contributed by atoms with van der Waals surface area (Å²) in [6.45, 7) is 8.43. The number of hydrogen-bond acceptors (Lipinski definition) is 10. The van der Waals surface area contributed by atoms with E-state index in [0.717, 1.165) is 18.4 Å². The van der Waals surface area contributed by atoms with Crippen LogP contribution in [-0.4, -0.2) is 75.5 Å². The molecule has 0 aliphatic carbocycles.